The lowest BCUT2D eigenvalue weighted by Crippen LogP contribution is -2.05. The van der Waals surface area contributed by atoms with E-state index in [0.29, 0.717) is 0 Å². The molecule has 1 N–H and O–H groups in total. The van der Waals surface area contributed by atoms with Gasteiger partial charge in [0.15, 0.2) is 0 Å². The summed E-state index contributed by atoms with van der Waals surface area (Å²) in [4.78, 5) is 15.0. The third-order valence-electron chi connectivity index (χ3n) is 3.16. The molecule has 0 unspecified atom stereocenters. The van der Waals surface area contributed by atoms with E-state index >= 15 is 0 Å². The minimum absolute atomic E-state index is 0.196. The van der Waals surface area contributed by atoms with Gasteiger partial charge in [-0.15, -0.1) is 0 Å². The van der Waals surface area contributed by atoms with E-state index in [4.69, 9.17) is 5.11 Å². The first-order valence-electron chi connectivity index (χ1n) is 5.83. The third-order valence-corrected chi connectivity index (χ3v) is 3.16. The zero-order valence-electron chi connectivity index (χ0n) is 9.93. The number of hydrogen-bond acceptors (Lipinski definition) is 2. The molecule has 3 nitrogen and oxygen atoms in total. The van der Waals surface area contributed by atoms with Crippen molar-refractivity contribution in [3.05, 3.63) is 65.1 Å². The molecular weight excluding hydrogens is 245 g/mol. The molecule has 94 valence electrons. The number of aromatic carboxylic acids is 1. The maximum atomic E-state index is 13.1. The smallest absolute Gasteiger partial charge is 0.335 e. The molecule has 0 fully saturated rings. The Morgan fingerprint density at radius 3 is 2.58 bits per heavy atom. The van der Waals surface area contributed by atoms with Gasteiger partial charge in [0.1, 0.15) is 5.83 Å². The number of carbonyl (C=O) groups is 1. The van der Waals surface area contributed by atoms with Crippen LogP contribution in [0.5, 0.6) is 0 Å². The van der Waals surface area contributed by atoms with Crippen molar-refractivity contribution in [1.82, 2.24) is 0 Å². The number of rotatable bonds is 2. The average molecular weight is 255 g/mol. The summed E-state index contributed by atoms with van der Waals surface area (Å²) in [6.07, 6.45) is 5.07. The lowest BCUT2D eigenvalue weighted by molar-refractivity contribution is 0.0697. The second-order valence-corrected chi connectivity index (χ2v) is 4.37. The number of carboxylic acid groups (broad SMARTS) is 1. The summed E-state index contributed by atoms with van der Waals surface area (Å²) in [6, 6.07) is 6.58. The highest BCUT2D eigenvalue weighted by Crippen LogP contribution is 2.33. The molecule has 0 spiro atoms. The van der Waals surface area contributed by atoms with Crippen LogP contribution in [-0.2, 0) is 0 Å². The number of nitrogens with zero attached hydrogens (tertiary/aromatic N) is 1. The van der Waals surface area contributed by atoms with Gasteiger partial charge in [0.2, 0.25) is 0 Å². The molecule has 3 rings (SSSR count). The monoisotopic (exact) mass is 255 g/mol. The summed E-state index contributed by atoms with van der Waals surface area (Å²) in [6.45, 7) is 0. The van der Waals surface area contributed by atoms with Crippen LogP contribution in [0.25, 0.3) is 5.57 Å². The molecule has 1 aliphatic heterocycles. The Bertz CT molecular complexity index is 679. The number of carboxylic acids is 1. The lowest BCUT2D eigenvalue weighted by atomic mass is 9.92. The molecule has 0 saturated carbocycles. The SMILES string of the molecule is O=C(O)c1ccc(C2=CN=C3CC(F)=CC=C23)cc1. The quantitative estimate of drug-likeness (QED) is 0.880. The summed E-state index contributed by atoms with van der Waals surface area (Å²) in [5.74, 6) is -1.15. The van der Waals surface area contributed by atoms with Gasteiger partial charge < -0.3 is 5.11 Å². The number of hydrogen-bond donors (Lipinski definition) is 1. The summed E-state index contributed by atoms with van der Waals surface area (Å²) < 4.78 is 13.1. The van der Waals surface area contributed by atoms with Gasteiger partial charge in [-0.2, -0.15) is 0 Å². The first kappa shape index (κ1) is 11.6. The van der Waals surface area contributed by atoms with Crippen LogP contribution in [0.15, 0.2) is 59.0 Å². The predicted molar refractivity (Wildman–Crippen MR) is 70.7 cm³/mol. The van der Waals surface area contributed by atoms with Crippen molar-refractivity contribution in [3.63, 3.8) is 0 Å². The number of fused-ring (bicyclic) bond motifs is 1. The van der Waals surface area contributed by atoms with E-state index in [9.17, 15) is 9.18 Å². The minimum atomic E-state index is -0.953. The van der Waals surface area contributed by atoms with E-state index in [-0.39, 0.29) is 17.8 Å². The Labute approximate surface area is 109 Å². The summed E-state index contributed by atoms with van der Waals surface area (Å²) in [5.41, 5.74) is 3.65. The topological polar surface area (TPSA) is 49.7 Å². The molecule has 0 saturated heterocycles. The number of allylic oxidation sites excluding steroid dienone is 5. The molecule has 4 heteroatoms. The van der Waals surface area contributed by atoms with Crippen LogP contribution in [-0.4, -0.2) is 16.8 Å². The summed E-state index contributed by atoms with van der Waals surface area (Å²) in [5, 5.41) is 8.86. The van der Waals surface area contributed by atoms with Gasteiger partial charge in [0, 0.05) is 23.8 Å². The van der Waals surface area contributed by atoms with Crippen LogP contribution in [0.1, 0.15) is 22.3 Å². The van der Waals surface area contributed by atoms with E-state index in [2.05, 4.69) is 4.99 Å². The van der Waals surface area contributed by atoms with Crippen LogP contribution >= 0.6 is 0 Å². The lowest BCUT2D eigenvalue weighted by Gasteiger charge is -2.11. The van der Waals surface area contributed by atoms with E-state index in [0.717, 1.165) is 22.4 Å². The van der Waals surface area contributed by atoms with Crippen molar-refractivity contribution in [2.45, 2.75) is 6.42 Å². The fourth-order valence-corrected chi connectivity index (χ4v) is 2.18. The second-order valence-electron chi connectivity index (χ2n) is 4.37. The van der Waals surface area contributed by atoms with E-state index in [1.807, 2.05) is 0 Å². The van der Waals surface area contributed by atoms with Crippen LogP contribution in [0.2, 0.25) is 0 Å². The van der Waals surface area contributed by atoms with E-state index < -0.39 is 5.97 Å². The standard InChI is InChI=1S/C15H10FNO2/c16-11-5-6-12-13(8-17-14(12)7-11)9-1-3-10(4-2-9)15(18)19/h1-6,8H,7H2,(H,18,19). The van der Waals surface area contributed by atoms with Crippen molar-refractivity contribution in [2.24, 2.45) is 4.99 Å². The first-order chi connectivity index (χ1) is 9.15. The van der Waals surface area contributed by atoms with Gasteiger partial charge >= 0.3 is 5.97 Å². The largest absolute Gasteiger partial charge is 0.478 e. The molecule has 1 aromatic rings. The molecule has 0 aromatic heterocycles. The normalized spacial score (nSPS) is 17.1. The third kappa shape index (κ3) is 2.01. The zero-order valence-corrected chi connectivity index (χ0v) is 9.93. The Morgan fingerprint density at radius 1 is 1.16 bits per heavy atom. The van der Waals surface area contributed by atoms with Crippen LogP contribution in [0.3, 0.4) is 0 Å². The Balaban J connectivity index is 1.94. The van der Waals surface area contributed by atoms with Gasteiger partial charge in [-0.3, -0.25) is 4.99 Å². The van der Waals surface area contributed by atoms with Gasteiger partial charge in [-0.05, 0) is 29.8 Å². The summed E-state index contributed by atoms with van der Waals surface area (Å²) in [7, 11) is 0. The maximum Gasteiger partial charge on any atom is 0.335 e. The number of benzene rings is 1. The zero-order chi connectivity index (χ0) is 13.4. The molecule has 19 heavy (non-hydrogen) atoms. The minimum Gasteiger partial charge on any atom is -0.478 e. The van der Waals surface area contributed by atoms with Crippen molar-refractivity contribution in [2.75, 3.05) is 0 Å². The highest BCUT2D eigenvalue weighted by Gasteiger charge is 2.22. The molecule has 0 amide bonds. The average Bonchev–Trinajstić information content (AvgIpc) is 2.81. The predicted octanol–water partition coefficient (Wildman–Crippen LogP) is 3.36. The molecule has 1 aliphatic carbocycles. The maximum absolute atomic E-state index is 13.1. The van der Waals surface area contributed by atoms with Crippen molar-refractivity contribution in [3.8, 4) is 0 Å². The highest BCUT2D eigenvalue weighted by molar-refractivity contribution is 6.18. The van der Waals surface area contributed by atoms with Crippen molar-refractivity contribution >= 4 is 17.3 Å². The Morgan fingerprint density at radius 2 is 1.89 bits per heavy atom. The Hall–Kier alpha value is -2.49. The van der Waals surface area contributed by atoms with E-state index in [1.54, 1.807) is 36.5 Å². The first-order valence-corrected chi connectivity index (χ1v) is 5.83. The van der Waals surface area contributed by atoms with Crippen molar-refractivity contribution in [1.29, 1.82) is 0 Å². The Kier molecular flexibility index (Phi) is 2.63. The van der Waals surface area contributed by atoms with Crippen LogP contribution in [0.4, 0.5) is 4.39 Å². The molecule has 0 radical (unpaired) electrons. The van der Waals surface area contributed by atoms with Crippen LogP contribution in [0, 0.1) is 0 Å². The van der Waals surface area contributed by atoms with E-state index in [1.165, 1.54) is 6.08 Å². The van der Waals surface area contributed by atoms with Gasteiger partial charge in [-0.25, -0.2) is 9.18 Å². The number of aliphatic imine (C=N–C) groups is 1. The number of halogens is 1. The van der Waals surface area contributed by atoms with Gasteiger partial charge in [-0.1, -0.05) is 12.1 Å². The molecule has 1 aromatic carbocycles. The highest BCUT2D eigenvalue weighted by atomic mass is 19.1. The summed E-state index contributed by atoms with van der Waals surface area (Å²) >= 11 is 0. The van der Waals surface area contributed by atoms with Crippen molar-refractivity contribution < 1.29 is 14.3 Å². The van der Waals surface area contributed by atoms with Gasteiger partial charge in [0.05, 0.1) is 11.3 Å². The molecule has 0 atom stereocenters. The molecule has 1 heterocycles. The molecule has 0 bridgehead atoms. The van der Waals surface area contributed by atoms with Gasteiger partial charge in [0.25, 0.3) is 0 Å². The van der Waals surface area contributed by atoms with Crippen LogP contribution < -0.4 is 0 Å². The second kappa shape index (κ2) is 4.31. The fraction of sp³-hybridized carbons (Fsp3) is 0.0667. The molecular formula is C15H10FNO2. The fourth-order valence-electron chi connectivity index (χ4n) is 2.18. The molecule has 2 aliphatic rings.